The Bertz CT molecular complexity index is 1410. The molecule has 7 nitrogen and oxygen atoms in total. The maximum absolute atomic E-state index is 13.7. The van der Waals surface area contributed by atoms with Gasteiger partial charge in [-0.15, -0.1) is 11.3 Å². The Balaban J connectivity index is 1.40. The van der Waals surface area contributed by atoms with Crippen LogP contribution in [0.1, 0.15) is 62.6 Å². The smallest absolute Gasteiger partial charge is 0.290 e. The average Bonchev–Trinajstić information content (AvgIpc) is 3.65. The molecule has 0 saturated heterocycles. The van der Waals surface area contributed by atoms with E-state index in [-0.39, 0.29) is 30.0 Å². The predicted molar refractivity (Wildman–Crippen MR) is 142 cm³/mol. The molecule has 0 saturated carbocycles. The van der Waals surface area contributed by atoms with Crippen molar-refractivity contribution in [1.82, 2.24) is 14.8 Å². The van der Waals surface area contributed by atoms with Crippen LogP contribution < -0.4 is 4.74 Å². The lowest BCUT2D eigenvalue weighted by atomic mass is 9.87. The van der Waals surface area contributed by atoms with Crippen LogP contribution in [0.2, 0.25) is 0 Å². The zero-order valence-electron chi connectivity index (χ0n) is 21.2. The second-order valence-corrected chi connectivity index (χ2v) is 9.88. The molecule has 0 N–H and O–H groups in total. The number of thiazole rings is 1. The van der Waals surface area contributed by atoms with Gasteiger partial charge >= 0.3 is 0 Å². The van der Waals surface area contributed by atoms with Gasteiger partial charge in [-0.1, -0.05) is 18.2 Å². The molecule has 0 spiro atoms. The van der Waals surface area contributed by atoms with E-state index in [1.54, 1.807) is 39.4 Å². The van der Waals surface area contributed by atoms with Gasteiger partial charge in [0.05, 0.1) is 12.3 Å². The standard InChI is InChI=1S/C29H28FN3O4S/c1-3-32(4-2)28(34)24-18-38-26(31-24)17-37-22-12-9-19-13-14-33(29(35)25-6-5-15-36-25)27(23(19)16-22)20-7-10-21(30)11-8-20/h5-12,15-16,18,27H,3-4,13-14,17H2,1-2H3. The number of halogens is 1. The fraction of sp³-hybridized carbons (Fsp3) is 0.276. The number of ether oxygens (including phenoxy) is 1. The summed E-state index contributed by atoms with van der Waals surface area (Å²) >= 11 is 1.38. The van der Waals surface area contributed by atoms with Gasteiger partial charge in [-0.05, 0) is 73.4 Å². The number of rotatable bonds is 8. The SMILES string of the molecule is CCN(CC)C(=O)c1csc(COc2ccc3c(c2)C(c2ccc(F)cc2)N(C(=O)c2ccco2)CC3)n1. The van der Waals surface area contributed by atoms with Gasteiger partial charge in [-0.2, -0.15) is 0 Å². The topological polar surface area (TPSA) is 75.9 Å². The van der Waals surface area contributed by atoms with E-state index in [1.807, 2.05) is 32.0 Å². The third-order valence-corrected chi connectivity index (χ3v) is 7.53. The molecular weight excluding hydrogens is 505 g/mol. The number of aromatic nitrogens is 1. The molecule has 38 heavy (non-hydrogen) atoms. The summed E-state index contributed by atoms with van der Waals surface area (Å²) in [5.74, 6) is 0.221. The Morgan fingerprint density at radius 1 is 1.16 bits per heavy atom. The van der Waals surface area contributed by atoms with Crippen molar-refractivity contribution in [2.45, 2.75) is 32.9 Å². The van der Waals surface area contributed by atoms with E-state index in [9.17, 15) is 14.0 Å². The highest BCUT2D eigenvalue weighted by Crippen LogP contribution is 2.38. The molecule has 2 amide bonds. The van der Waals surface area contributed by atoms with Crippen molar-refractivity contribution in [2.24, 2.45) is 0 Å². The molecule has 3 heterocycles. The lowest BCUT2D eigenvalue weighted by Gasteiger charge is -2.37. The van der Waals surface area contributed by atoms with Gasteiger partial charge in [0.1, 0.15) is 28.9 Å². The molecule has 196 valence electrons. The van der Waals surface area contributed by atoms with Gasteiger partial charge in [-0.3, -0.25) is 9.59 Å². The first-order valence-electron chi connectivity index (χ1n) is 12.6. The number of carbonyl (C=O) groups excluding carboxylic acids is 2. The van der Waals surface area contributed by atoms with Crippen molar-refractivity contribution in [3.05, 3.63) is 105 Å². The summed E-state index contributed by atoms with van der Waals surface area (Å²) in [4.78, 5) is 33.9. The number of benzene rings is 2. The van der Waals surface area contributed by atoms with Gasteiger partial charge < -0.3 is 19.0 Å². The van der Waals surface area contributed by atoms with Crippen molar-refractivity contribution >= 4 is 23.2 Å². The Hall–Kier alpha value is -3.98. The summed E-state index contributed by atoms with van der Waals surface area (Å²) in [6.07, 6.45) is 2.15. The minimum atomic E-state index is -0.432. The van der Waals surface area contributed by atoms with Crippen molar-refractivity contribution in [3.63, 3.8) is 0 Å². The van der Waals surface area contributed by atoms with Gasteiger partial charge in [0.15, 0.2) is 5.76 Å². The molecular formula is C29H28FN3O4S. The largest absolute Gasteiger partial charge is 0.486 e. The third-order valence-electron chi connectivity index (χ3n) is 6.71. The van der Waals surface area contributed by atoms with Crippen molar-refractivity contribution < 1.29 is 23.1 Å². The molecule has 4 aromatic rings. The zero-order chi connectivity index (χ0) is 26.6. The number of furan rings is 1. The van der Waals surface area contributed by atoms with E-state index in [0.717, 1.165) is 16.7 Å². The highest BCUT2D eigenvalue weighted by atomic mass is 32.1. The van der Waals surface area contributed by atoms with Gasteiger partial charge in [0.2, 0.25) is 0 Å². The maximum Gasteiger partial charge on any atom is 0.290 e. The molecule has 1 unspecified atom stereocenters. The molecule has 9 heteroatoms. The molecule has 1 aliphatic rings. The molecule has 2 aromatic carbocycles. The van der Waals surface area contributed by atoms with Crippen LogP contribution in [-0.4, -0.2) is 46.2 Å². The summed E-state index contributed by atoms with van der Waals surface area (Å²) in [6.45, 7) is 5.85. The molecule has 5 rings (SSSR count). The quantitative estimate of drug-likeness (QED) is 0.289. The Morgan fingerprint density at radius 3 is 2.66 bits per heavy atom. The number of carbonyl (C=O) groups is 2. The normalized spacial score (nSPS) is 14.7. The number of hydrogen-bond donors (Lipinski definition) is 0. The number of nitrogens with zero attached hydrogens (tertiary/aromatic N) is 3. The van der Waals surface area contributed by atoms with Gasteiger partial charge in [0, 0.05) is 25.0 Å². The minimum absolute atomic E-state index is 0.0882. The maximum atomic E-state index is 13.7. The van der Waals surface area contributed by atoms with Crippen LogP contribution in [0.5, 0.6) is 5.75 Å². The van der Waals surface area contributed by atoms with E-state index >= 15 is 0 Å². The summed E-state index contributed by atoms with van der Waals surface area (Å²) < 4.78 is 25.2. The Morgan fingerprint density at radius 2 is 1.95 bits per heavy atom. The molecule has 2 aromatic heterocycles. The van der Waals surface area contributed by atoms with Gasteiger partial charge in [0.25, 0.3) is 11.8 Å². The summed E-state index contributed by atoms with van der Waals surface area (Å²) in [6, 6.07) is 14.9. The molecule has 1 atom stereocenters. The molecule has 0 aliphatic carbocycles. The fourth-order valence-corrected chi connectivity index (χ4v) is 5.42. The fourth-order valence-electron chi connectivity index (χ4n) is 4.74. The zero-order valence-corrected chi connectivity index (χ0v) is 22.0. The van der Waals surface area contributed by atoms with Crippen LogP contribution >= 0.6 is 11.3 Å². The van der Waals surface area contributed by atoms with Gasteiger partial charge in [-0.25, -0.2) is 9.37 Å². The lowest BCUT2D eigenvalue weighted by Crippen LogP contribution is -2.40. The third kappa shape index (κ3) is 5.19. The van der Waals surface area contributed by atoms with E-state index < -0.39 is 6.04 Å². The average molecular weight is 534 g/mol. The minimum Gasteiger partial charge on any atom is -0.486 e. The van der Waals surface area contributed by atoms with E-state index in [1.165, 1.54) is 29.7 Å². The number of amides is 2. The summed E-state index contributed by atoms with van der Waals surface area (Å²) in [5.41, 5.74) is 3.23. The van der Waals surface area contributed by atoms with Crippen LogP contribution in [0.15, 0.2) is 70.7 Å². The van der Waals surface area contributed by atoms with Crippen molar-refractivity contribution in [1.29, 1.82) is 0 Å². The number of hydrogen-bond acceptors (Lipinski definition) is 6. The van der Waals surface area contributed by atoms with E-state index in [2.05, 4.69) is 4.98 Å². The first-order valence-corrected chi connectivity index (χ1v) is 13.5. The number of fused-ring (bicyclic) bond motifs is 1. The van der Waals surface area contributed by atoms with Crippen LogP contribution in [0, 0.1) is 5.82 Å². The lowest BCUT2D eigenvalue weighted by molar-refractivity contribution is 0.0661. The second-order valence-electron chi connectivity index (χ2n) is 8.93. The first-order chi connectivity index (χ1) is 18.5. The highest BCUT2D eigenvalue weighted by molar-refractivity contribution is 7.09. The summed E-state index contributed by atoms with van der Waals surface area (Å²) in [7, 11) is 0. The monoisotopic (exact) mass is 533 g/mol. The molecule has 0 bridgehead atoms. The van der Waals surface area contributed by atoms with Crippen LogP contribution in [0.4, 0.5) is 4.39 Å². The van der Waals surface area contributed by atoms with Crippen molar-refractivity contribution in [2.75, 3.05) is 19.6 Å². The van der Waals surface area contributed by atoms with E-state index in [4.69, 9.17) is 9.15 Å². The summed E-state index contributed by atoms with van der Waals surface area (Å²) in [5, 5.41) is 2.46. The van der Waals surface area contributed by atoms with Crippen LogP contribution in [-0.2, 0) is 13.0 Å². The second kappa shape index (κ2) is 11.2. The van der Waals surface area contributed by atoms with Crippen molar-refractivity contribution in [3.8, 4) is 5.75 Å². The Labute approximate surface area is 224 Å². The molecule has 1 aliphatic heterocycles. The van der Waals surface area contributed by atoms with E-state index in [0.29, 0.717) is 42.5 Å². The Kier molecular flexibility index (Phi) is 7.55. The first kappa shape index (κ1) is 25.7. The highest BCUT2D eigenvalue weighted by Gasteiger charge is 2.34. The molecule has 0 radical (unpaired) electrons. The predicted octanol–water partition coefficient (Wildman–Crippen LogP) is 5.72. The van der Waals surface area contributed by atoms with Crippen LogP contribution in [0.25, 0.3) is 0 Å². The van der Waals surface area contributed by atoms with Crippen LogP contribution in [0.3, 0.4) is 0 Å². The molecule has 0 fully saturated rings.